The van der Waals surface area contributed by atoms with Crippen molar-refractivity contribution in [2.45, 2.75) is 13.5 Å². The monoisotopic (exact) mass is 402 g/mol. The Morgan fingerprint density at radius 3 is 2.47 bits per heavy atom. The second-order valence-electron chi connectivity index (χ2n) is 7.59. The van der Waals surface area contributed by atoms with Crippen LogP contribution in [0.1, 0.15) is 33.3 Å². The standard InChI is InChI=1S/C23H22N4O3/c1-15(28)16-6-8-17(9-7-16)26-10-12-27(13-11-26)23(29)22-19-14-30-20-5-3-2-4-18(20)21(19)24-25-22/h2-9H,10-14H2,1H3,(H,24,25). The number of benzene rings is 2. The van der Waals surface area contributed by atoms with Crippen molar-refractivity contribution >= 4 is 17.4 Å². The first-order valence-corrected chi connectivity index (χ1v) is 10.1. The molecule has 0 bridgehead atoms. The smallest absolute Gasteiger partial charge is 0.272 e. The molecule has 0 spiro atoms. The van der Waals surface area contributed by atoms with Crippen molar-refractivity contribution in [3.8, 4) is 17.0 Å². The molecule has 7 heteroatoms. The average molecular weight is 402 g/mol. The molecular formula is C23H22N4O3. The molecule has 3 heterocycles. The van der Waals surface area contributed by atoms with Gasteiger partial charge in [0.15, 0.2) is 5.78 Å². The Morgan fingerprint density at radius 2 is 1.73 bits per heavy atom. The van der Waals surface area contributed by atoms with Gasteiger partial charge in [0.2, 0.25) is 0 Å². The molecule has 0 atom stereocenters. The van der Waals surface area contributed by atoms with E-state index >= 15 is 0 Å². The molecule has 0 aliphatic carbocycles. The van der Waals surface area contributed by atoms with Gasteiger partial charge in [-0.3, -0.25) is 14.7 Å². The number of anilines is 1. The van der Waals surface area contributed by atoms with E-state index in [2.05, 4.69) is 15.1 Å². The Hall–Kier alpha value is -3.61. The van der Waals surface area contributed by atoms with Crippen LogP contribution in [0.15, 0.2) is 48.5 Å². The zero-order valence-electron chi connectivity index (χ0n) is 16.7. The number of nitrogens with zero attached hydrogens (tertiary/aromatic N) is 3. The van der Waals surface area contributed by atoms with Crippen molar-refractivity contribution in [2.24, 2.45) is 0 Å². The topological polar surface area (TPSA) is 78.5 Å². The van der Waals surface area contributed by atoms with E-state index < -0.39 is 0 Å². The van der Waals surface area contributed by atoms with Crippen molar-refractivity contribution in [1.29, 1.82) is 0 Å². The first-order valence-electron chi connectivity index (χ1n) is 10.1. The number of para-hydroxylation sites is 1. The van der Waals surface area contributed by atoms with Crippen LogP contribution >= 0.6 is 0 Å². The highest BCUT2D eigenvalue weighted by Gasteiger charge is 2.30. The molecule has 2 aromatic carbocycles. The number of nitrogens with one attached hydrogen (secondary N) is 1. The zero-order chi connectivity index (χ0) is 20.7. The van der Waals surface area contributed by atoms with Gasteiger partial charge in [0.1, 0.15) is 23.7 Å². The van der Waals surface area contributed by atoms with Gasteiger partial charge >= 0.3 is 0 Å². The Morgan fingerprint density at radius 1 is 1.00 bits per heavy atom. The first kappa shape index (κ1) is 18.4. The molecule has 152 valence electrons. The Labute approximate surface area is 174 Å². The molecule has 1 N–H and O–H groups in total. The van der Waals surface area contributed by atoms with E-state index in [0.29, 0.717) is 31.0 Å². The lowest BCUT2D eigenvalue weighted by Gasteiger charge is -2.36. The molecule has 0 radical (unpaired) electrons. The van der Waals surface area contributed by atoms with Crippen molar-refractivity contribution in [3.63, 3.8) is 0 Å². The van der Waals surface area contributed by atoms with Gasteiger partial charge in [-0.05, 0) is 43.3 Å². The maximum absolute atomic E-state index is 13.2. The summed E-state index contributed by atoms with van der Waals surface area (Å²) in [7, 11) is 0. The normalized spacial score (nSPS) is 15.2. The Bertz CT molecular complexity index is 1110. The van der Waals surface area contributed by atoms with Gasteiger partial charge in [-0.2, -0.15) is 5.10 Å². The van der Waals surface area contributed by atoms with E-state index in [0.717, 1.165) is 41.3 Å². The van der Waals surface area contributed by atoms with E-state index in [9.17, 15) is 9.59 Å². The van der Waals surface area contributed by atoms with Crippen LogP contribution in [0.25, 0.3) is 11.3 Å². The molecule has 1 saturated heterocycles. The zero-order valence-corrected chi connectivity index (χ0v) is 16.7. The number of rotatable bonds is 3. The van der Waals surface area contributed by atoms with E-state index in [4.69, 9.17) is 4.74 Å². The van der Waals surface area contributed by atoms with Crippen LogP contribution in [0.3, 0.4) is 0 Å². The number of hydrogen-bond donors (Lipinski definition) is 1. The summed E-state index contributed by atoms with van der Waals surface area (Å²) in [6, 6.07) is 15.4. The van der Waals surface area contributed by atoms with Crippen LogP contribution in [0.2, 0.25) is 0 Å². The largest absolute Gasteiger partial charge is 0.488 e. The fraction of sp³-hybridized carbons (Fsp3) is 0.261. The third-order valence-electron chi connectivity index (χ3n) is 5.80. The fourth-order valence-electron chi connectivity index (χ4n) is 4.08. The summed E-state index contributed by atoms with van der Waals surface area (Å²) >= 11 is 0. The van der Waals surface area contributed by atoms with Crippen LogP contribution in [0, 0.1) is 0 Å². The molecule has 5 rings (SSSR count). The summed E-state index contributed by atoms with van der Waals surface area (Å²) in [5.41, 5.74) is 4.81. The molecule has 2 aliphatic heterocycles. The quantitative estimate of drug-likeness (QED) is 0.681. The van der Waals surface area contributed by atoms with Crippen molar-refractivity contribution in [2.75, 3.05) is 31.1 Å². The highest BCUT2D eigenvalue weighted by atomic mass is 16.5. The van der Waals surface area contributed by atoms with Crippen molar-refractivity contribution in [1.82, 2.24) is 15.1 Å². The summed E-state index contributed by atoms with van der Waals surface area (Å²) in [6.07, 6.45) is 0. The number of aromatic amines is 1. The third kappa shape index (κ3) is 3.12. The molecule has 1 aromatic heterocycles. The SMILES string of the molecule is CC(=O)c1ccc(N2CCN(C(=O)c3[nH]nc4c3COc3ccccc3-4)CC2)cc1. The number of Topliss-reactive ketones (excluding diaryl/α,β-unsaturated/α-hetero) is 1. The molecular weight excluding hydrogens is 380 g/mol. The molecule has 3 aromatic rings. The van der Waals surface area contributed by atoms with Crippen LogP contribution in [-0.2, 0) is 6.61 Å². The third-order valence-corrected chi connectivity index (χ3v) is 5.80. The van der Waals surface area contributed by atoms with Crippen LogP contribution in [0.5, 0.6) is 5.75 Å². The summed E-state index contributed by atoms with van der Waals surface area (Å²) in [5.74, 6) is 0.810. The average Bonchev–Trinajstić information content (AvgIpc) is 3.23. The molecule has 1 amide bonds. The summed E-state index contributed by atoms with van der Waals surface area (Å²) in [4.78, 5) is 28.7. The highest BCUT2D eigenvalue weighted by molar-refractivity contribution is 5.96. The van der Waals surface area contributed by atoms with Crippen LogP contribution in [-0.4, -0.2) is 53.0 Å². The van der Waals surface area contributed by atoms with E-state index in [1.165, 1.54) is 0 Å². The number of ketones is 1. The number of ether oxygens (including phenoxy) is 1. The lowest BCUT2D eigenvalue weighted by Crippen LogP contribution is -2.49. The predicted octanol–water partition coefficient (Wildman–Crippen LogP) is 3.13. The van der Waals surface area contributed by atoms with Gasteiger partial charge in [0.25, 0.3) is 5.91 Å². The van der Waals surface area contributed by atoms with Crippen molar-refractivity contribution < 1.29 is 14.3 Å². The highest BCUT2D eigenvalue weighted by Crippen LogP contribution is 2.37. The number of fused-ring (bicyclic) bond motifs is 3. The Kier molecular flexibility index (Phi) is 4.50. The molecule has 0 unspecified atom stereocenters. The van der Waals surface area contributed by atoms with Gasteiger partial charge in [-0.25, -0.2) is 0 Å². The maximum Gasteiger partial charge on any atom is 0.272 e. The Balaban J connectivity index is 1.29. The van der Waals surface area contributed by atoms with Gasteiger partial charge in [-0.15, -0.1) is 0 Å². The molecule has 7 nitrogen and oxygen atoms in total. The number of carbonyl (C=O) groups is 2. The molecule has 2 aliphatic rings. The number of amides is 1. The summed E-state index contributed by atoms with van der Waals surface area (Å²) in [6.45, 7) is 4.63. The molecule has 1 fully saturated rings. The lowest BCUT2D eigenvalue weighted by molar-refractivity contribution is 0.0737. The number of piperazine rings is 1. The number of aromatic nitrogens is 2. The second kappa shape index (κ2) is 7.33. The first-order chi connectivity index (χ1) is 14.6. The van der Waals surface area contributed by atoms with Gasteiger partial charge in [0.05, 0.1) is 0 Å². The minimum atomic E-state index is -0.0432. The van der Waals surface area contributed by atoms with Gasteiger partial charge in [0, 0.05) is 48.6 Å². The van der Waals surface area contributed by atoms with E-state index in [1.54, 1.807) is 6.92 Å². The van der Waals surface area contributed by atoms with Gasteiger partial charge in [-0.1, -0.05) is 12.1 Å². The number of carbonyl (C=O) groups excluding carboxylic acids is 2. The number of hydrogen-bond acceptors (Lipinski definition) is 5. The molecule has 30 heavy (non-hydrogen) atoms. The van der Waals surface area contributed by atoms with Crippen LogP contribution < -0.4 is 9.64 Å². The van der Waals surface area contributed by atoms with E-state index in [-0.39, 0.29) is 11.7 Å². The summed E-state index contributed by atoms with van der Waals surface area (Å²) < 4.78 is 5.82. The number of H-pyrrole nitrogens is 1. The second-order valence-corrected chi connectivity index (χ2v) is 7.59. The van der Waals surface area contributed by atoms with Crippen molar-refractivity contribution in [3.05, 3.63) is 65.4 Å². The fourth-order valence-corrected chi connectivity index (χ4v) is 4.08. The summed E-state index contributed by atoms with van der Waals surface area (Å²) in [5, 5.41) is 7.36. The minimum Gasteiger partial charge on any atom is -0.488 e. The maximum atomic E-state index is 13.2. The lowest BCUT2D eigenvalue weighted by atomic mass is 10.0. The molecule has 0 saturated carbocycles. The predicted molar refractivity (Wildman–Crippen MR) is 113 cm³/mol. The minimum absolute atomic E-state index is 0.0432. The van der Waals surface area contributed by atoms with Gasteiger partial charge < -0.3 is 14.5 Å². The van der Waals surface area contributed by atoms with E-state index in [1.807, 2.05) is 53.4 Å². The van der Waals surface area contributed by atoms with Crippen LogP contribution in [0.4, 0.5) is 5.69 Å².